The number of pyridine rings is 1. The lowest BCUT2D eigenvalue weighted by molar-refractivity contribution is 0.178. The molecule has 0 aliphatic rings. The van der Waals surface area contributed by atoms with Crippen molar-refractivity contribution >= 4 is 10.9 Å². The van der Waals surface area contributed by atoms with Crippen molar-refractivity contribution in [2.24, 2.45) is 0 Å². The molecule has 0 N–H and O–H groups in total. The monoisotopic (exact) mass is 186 g/mol. The maximum Gasteiger partial charge on any atom is 0.108 e. The highest BCUT2D eigenvalue weighted by Gasteiger charge is 2.07. The molecule has 0 saturated carbocycles. The van der Waals surface area contributed by atoms with Crippen LogP contribution < -0.4 is 0 Å². The van der Waals surface area contributed by atoms with Crippen LogP contribution in [0.15, 0.2) is 24.3 Å². The highest BCUT2D eigenvalue weighted by Crippen LogP contribution is 2.22. The fourth-order valence-electron chi connectivity index (χ4n) is 1.70. The second-order valence-electron chi connectivity index (χ2n) is 3.46. The van der Waals surface area contributed by atoms with Crippen LogP contribution in [0.5, 0.6) is 0 Å². The number of fused-ring (bicyclic) bond motifs is 1. The zero-order valence-electron chi connectivity index (χ0n) is 8.37. The van der Waals surface area contributed by atoms with E-state index in [2.05, 4.69) is 4.98 Å². The molecule has 0 saturated heterocycles. The summed E-state index contributed by atoms with van der Waals surface area (Å²) in [6.45, 7) is 3.73. The molecule has 0 atom stereocenters. The fraction of sp³-hybridized carbons (Fsp3) is 0.250. The number of nitrogens with zero attached hydrogens (tertiary/aromatic N) is 1. The third-order valence-corrected chi connectivity index (χ3v) is 2.66. The molecule has 0 unspecified atom stereocenters. The molecule has 0 aliphatic heterocycles. The Morgan fingerprint density at radius 3 is 2.64 bits per heavy atom. The number of rotatable bonds is 1. The van der Waals surface area contributed by atoms with Crippen LogP contribution in [0.3, 0.4) is 0 Å². The van der Waals surface area contributed by atoms with E-state index in [1.807, 2.05) is 38.1 Å². The highest BCUT2D eigenvalue weighted by atomic mass is 16.3. The summed E-state index contributed by atoms with van der Waals surface area (Å²) in [6, 6.07) is 7.79. The van der Waals surface area contributed by atoms with Gasteiger partial charge in [-0.05, 0) is 31.0 Å². The van der Waals surface area contributed by atoms with Gasteiger partial charge in [-0.3, -0.25) is 4.98 Å². The summed E-state index contributed by atoms with van der Waals surface area (Å²) in [5.41, 5.74) is 3.78. The average molecular weight is 186 g/mol. The highest BCUT2D eigenvalue weighted by molar-refractivity contribution is 5.83. The number of hydrogen-bond acceptors (Lipinski definition) is 1. The molecule has 2 nitrogen and oxygen atoms in total. The van der Waals surface area contributed by atoms with Gasteiger partial charge in [-0.1, -0.05) is 18.2 Å². The first-order valence-corrected chi connectivity index (χ1v) is 4.67. The van der Waals surface area contributed by atoms with Crippen molar-refractivity contribution in [3.63, 3.8) is 0 Å². The lowest BCUT2D eigenvalue weighted by atomic mass is 10.0. The van der Waals surface area contributed by atoms with Crippen LogP contribution >= 0.6 is 0 Å². The first-order chi connectivity index (χ1) is 6.74. The molecule has 14 heavy (non-hydrogen) atoms. The Morgan fingerprint density at radius 2 is 1.93 bits per heavy atom. The Bertz CT molecular complexity index is 477. The molecular formula is C12H12NO. The van der Waals surface area contributed by atoms with Gasteiger partial charge in [-0.25, -0.2) is 5.11 Å². The van der Waals surface area contributed by atoms with E-state index >= 15 is 0 Å². The summed E-state index contributed by atoms with van der Waals surface area (Å²) in [6.07, 6.45) is 0. The van der Waals surface area contributed by atoms with Gasteiger partial charge in [0.1, 0.15) is 6.61 Å². The Hall–Kier alpha value is -1.41. The van der Waals surface area contributed by atoms with Gasteiger partial charge in [0.25, 0.3) is 0 Å². The predicted molar refractivity (Wildman–Crippen MR) is 55.6 cm³/mol. The molecule has 1 radical (unpaired) electrons. The number of aryl methyl sites for hydroxylation is 1. The van der Waals surface area contributed by atoms with Crippen LogP contribution in [-0.4, -0.2) is 4.98 Å². The molecule has 0 bridgehead atoms. The van der Waals surface area contributed by atoms with E-state index in [1.54, 1.807) is 0 Å². The summed E-state index contributed by atoms with van der Waals surface area (Å²) in [7, 11) is 0. The van der Waals surface area contributed by atoms with Crippen LogP contribution in [-0.2, 0) is 11.7 Å². The van der Waals surface area contributed by atoms with E-state index in [1.165, 1.54) is 0 Å². The number of para-hydroxylation sites is 1. The fourth-order valence-corrected chi connectivity index (χ4v) is 1.70. The standard InChI is InChI=1S/C12H12NO/c1-8-9(2)13-12-6-4-3-5-10(12)11(8)7-14/h3-6H,7H2,1-2H3. The third-order valence-electron chi connectivity index (χ3n) is 2.66. The molecule has 1 aromatic heterocycles. The number of benzene rings is 1. The van der Waals surface area contributed by atoms with Crippen molar-refractivity contribution in [1.82, 2.24) is 4.98 Å². The van der Waals surface area contributed by atoms with Crippen LogP contribution in [0.4, 0.5) is 0 Å². The normalized spacial score (nSPS) is 10.8. The van der Waals surface area contributed by atoms with Gasteiger partial charge >= 0.3 is 0 Å². The second kappa shape index (κ2) is 3.39. The van der Waals surface area contributed by atoms with E-state index < -0.39 is 0 Å². The summed E-state index contributed by atoms with van der Waals surface area (Å²) >= 11 is 0. The summed E-state index contributed by atoms with van der Waals surface area (Å²) in [5, 5.41) is 12.1. The number of hydrogen-bond donors (Lipinski definition) is 0. The molecule has 1 heterocycles. The van der Waals surface area contributed by atoms with Gasteiger partial charge in [0, 0.05) is 11.1 Å². The van der Waals surface area contributed by atoms with Crippen LogP contribution in [0.1, 0.15) is 16.8 Å². The number of aromatic nitrogens is 1. The van der Waals surface area contributed by atoms with Crippen LogP contribution in [0, 0.1) is 13.8 Å². The summed E-state index contributed by atoms with van der Waals surface area (Å²) in [4.78, 5) is 4.44. The van der Waals surface area contributed by atoms with Crippen molar-refractivity contribution < 1.29 is 5.11 Å². The molecule has 0 aliphatic carbocycles. The maximum atomic E-state index is 11.1. The quantitative estimate of drug-likeness (QED) is 0.674. The van der Waals surface area contributed by atoms with Gasteiger partial charge < -0.3 is 0 Å². The van der Waals surface area contributed by atoms with Crippen molar-refractivity contribution in [2.45, 2.75) is 20.5 Å². The SMILES string of the molecule is Cc1nc2ccccc2c(C[O])c1C. The molecule has 0 amide bonds. The van der Waals surface area contributed by atoms with E-state index in [9.17, 15) is 5.11 Å². The predicted octanol–water partition coefficient (Wildman–Crippen LogP) is 2.78. The molecule has 1 aromatic carbocycles. The topological polar surface area (TPSA) is 32.8 Å². The first kappa shape index (κ1) is 9.16. The molecular weight excluding hydrogens is 174 g/mol. The van der Waals surface area contributed by atoms with Gasteiger partial charge in [-0.15, -0.1) is 0 Å². The van der Waals surface area contributed by atoms with E-state index in [-0.39, 0.29) is 6.61 Å². The van der Waals surface area contributed by atoms with Crippen LogP contribution in [0.2, 0.25) is 0 Å². The Labute approximate surface area is 83.2 Å². The molecule has 0 fully saturated rings. The van der Waals surface area contributed by atoms with Crippen LogP contribution in [0.25, 0.3) is 10.9 Å². The molecule has 2 heteroatoms. The molecule has 71 valence electrons. The van der Waals surface area contributed by atoms with Gasteiger partial charge in [0.05, 0.1) is 5.52 Å². The second-order valence-corrected chi connectivity index (χ2v) is 3.46. The van der Waals surface area contributed by atoms with E-state index in [4.69, 9.17) is 0 Å². The van der Waals surface area contributed by atoms with Gasteiger partial charge in [-0.2, -0.15) is 0 Å². The van der Waals surface area contributed by atoms with E-state index in [0.717, 1.165) is 27.7 Å². The zero-order valence-corrected chi connectivity index (χ0v) is 8.37. The molecule has 0 spiro atoms. The smallest absolute Gasteiger partial charge is 0.108 e. The summed E-state index contributed by atoms with van der Waals surface area (Å²) in [5.74, 6) is 0. The minimum Gasteiger partial charge on any atom is -0.253 e. The third kappa shape index (κ3) is 1.28. The minimum absolute atomic E-state index is 0.171. The average Bonchev–Trinajstić information content (AvgIpc) is 2.20. The maximum absolute atomic E-state index is 11.1. The minimum atomic E-state index is -0.171. The van der Waals surface area contributed by atoms with Gasteiger partial charge in [0.2, 0.25) is 0 Å². The van der Waals surface area contributed by atoms with Crippen molar-refractivity contribution in [3.8, 4) is 0 Å². The molecule has 2 aromatic rings. The summed E-state index contributed by atoms with van der Waals surface area (Å²) < 4.78 is 0. The Balaban J connectivity index is 2.89. The molecule has 2 rings (SSSR count). The zero-order chi connectivity index (χ0) is 10.1. The Kier molecular flexibility index (Phi) is 2.22. The van der Waals surface area contributed by atoms with Crippen molar-refractivity contribution in [2.75, 3.05) is 0 Å². The lowest BCUT2D eigenvalue weighted by Gasteiger charge is -2.08. The van der Waals surface area contributed by atoms with Crippen molar-refractivity contribution in [1.29, 1.82) is 0 Å². The largest absolute Gasteiger partial charge is 0.253 e. The lowest BCUT2D eigenvalue weighted by Crippen LogP contribution is -1.96. The first-order valence-electron chi connectivity index (χ1n) is 4.67. The van der Waals surface area contributed by atoms with E-state index in [0.29, 0.717) is 0 Å². The van der Waals surface area contributed by atoms with Gasteiger partial charge in [0.15, 0.2) is 0 Å². The van der Waals surface area contributed by atoms with Crippen molar-refractivity contribution in [3.05, 3.63) is 41.1 Å². The Morgan fingerprint density at radius 1 is 1.21 bits per heavy atom.